The van der Waals surface area contributed by atoms with Gasteiger partial charge < -0.3 is 14.9 Å². The van der Waals surface area contributed by atoms with Crippen LogP contribution < -0.4 is 4.90 Å². The summed E-state index contributed by atoms with van der Waals surface area (Å²) in [6.07, 6.45) is 6.86. The van der Waals surface area contributed by atoms with E-state index in [1.54, 1.807) is 11.1 Å². The molecule has 0 aliphatic carbocycles. The third kappa shape index (κ3) is 2.57. The second-order valence-electron chi connectivity index (χ2n) is 7.34. The number of carbonyl (C=O) groups excluding carboxylic acids is 1. The lowest BCUT2D eigenvalue weighted by atomic mass is 10.0. The Morgan fingerprint density at radius 2 is 2.00 bits per heavy atom. The van der Waals surface area contributed by atoms with Gasteiger partial charge in [0.25, 0.3) is 5.91 Å². The monoisotopic (exact) mass is 363 g/mol. The molecule has 2 aliphatic heterocycles. The van der Waals surface area contributed by atoms with Crippen LogP contribution in [0.1, 0.15) is 28.8 Å². The molecule has 7 heteroatoms. The average molecular weight is 363 g/mol. The summed E-state index contributed by atoms with van der Waals surface area (Å²) in [5.41, 5.74) is 4.67. The molecule has 4 heterocycles. The fourth-order valence-corrected chi connectivity index (χ4v) is 4.05. The summed E-state index contributed by atoms with van der Waals surface area (Å²) in [5.74, 6) is 0.931. The van der Waals surface area contributed by atoms with Gasteiger partial charge in [-0.1, -0.05) is 6.07 Å². The van der Waals surface area contributed by atoms with Crippen molar-refractivity contribution in [2.75, 3.05) is 25.0 Å². The van der Waals surface area contributed by atoms with E-state index in [0.29, 0.717) is 6.54 Å². The van der Waals surface area contributed by atoms with Gasteiger partial charge in [-0.05, 0) is 30.5 Å². The third-order valence-electron chi connectivity index (χ3n) is 5.56. The number of rotatable bonds is 2. The van der Waals surface area contributed by atoms with E-state index in [0.717, 1.165) is 59.8 Å². The standard InChI is InChI=1S/C20H21N5O2/c1-23-12-14-10-13(2-3-16(14)20(23)27)17-11-22-19-18(21-6-9-25(17)19)24-7-4-15(26)5-8-24/h2-3,6,9-11,15,26H,4-5,7-8,12H2,1H3. The van der Waals surface area contributed by atoms with Crippen molar-refractivity contribution in [1.29, 1.82) is 0 Å². The summed E-state index contributed by atoms with van der Waals surface area (Å²) in [6, 6.07) is 5.97. The van der Waals surface area contributed by atoms with Gasteiger partial charge in [-0.2, -0.15) is 0 Å². The molecule has 7 nitrogen and oxygen atoms in total. The second kappa shape index (κ2) is 6.06. The van der Waals surface area contributed by atoms with Crippen molar-refractivity contribution < 1.29 is 9.90 Å². The number of amides is 1. The van der Waals surface area contributed by atoms with Gasteiger partial charge in [-0.25, -0.2) is 9.97 Å². The van der Waals surface area contributed by atoms with Crippen LogP contribution in [0.3, 0.4) is 0 Å². The number of benzene rings is 1. The highest BCUT2D eigenvalue weighted by atomic mass is 16.3. The van der Waals surface area contributed by atoms with Crippen molar-refractivity contribution in [1.82, 2.24) is 19.3 Å². The smallest absolute Gasteiger partial charge is 0.254 e. The van der Waals surface area contributed by atoms with E-state index >= 15 is 0 Å². The zero-order valence-electron chi connectivity index (χ0n) is 15.2. The zero-order chi connectivity index (χ0) is 18.5. The number of imidazole rings is 1. The average Bonchev–Trinajstić information content (AvgIpc) is 3.23. The van der Waals surface area contributed by atoms with Gasteiger partial charge in [-0.3, -0.25) is 9.20 Å². The normalized spacial score (nSPS) is 17.8. The first-order valence-electron chi connectivity index (χ1n) is 9.25. The predicted molar refractivity (Wildman–Crippen MR) is 102 cm³/mol. The number of fused-ring (bicyclic) bond motifs is 2. The summed E-state index contributed by atoms with van der Waals surface area (Å²) in [4.78, 5) is 25.2. The van der Waals surface area contributed by atoms with E-state index in [9.17, 15) is 9.90 Å². The molecule has 3 aromatic rings. The molecule has 1 N–H and O–H groups in total. The summed E-state index contributed by atoms with van der Waals surface area (Å²) < 4.78 is 2.05. The maximum Gasteiger partial charge on any atom is 0.254 e. The molecule has 2 aliphatic rings. The Hall–Kier alpha value is -2.93. The van der Waals surface area contributed by atoms with Crippen LogP contribution in [0.2, 0.25) is 0 Å². The summed E-state index contributed by atoms with van der Waals surface area (Å²) >= 11 is 0. The van der Waals surface area contributed by atoms with Crippen molar-refractivity contribution in [2.24, 2.45) is 0 Å². The molecule has 2 aromatic heterocycles. The molecule has 138 valence electrons. The molecule has 27 heavy (non-hydrogen) atoms. The first-order valence-corrected chi connectivity index (χ1v) is 9.25. The lowest BCUT2D eigenvalue weighted by Gasteiger charge is -2.30. The van der Waals surface area contributed by atoms with E-state index in [-0.39, 0.29) is 12.0 Å². The van der Waals surface area contributed by atoms with Crippen LogP contribution in [0.5, 0.6) is 0 Å². The van der Waals surface area contributed by atoms with Gasteiger partial charge in [0.2, 0.25) is 0 Å². The molecule has 1 saturated heterocycles. The molecule has 1 fully saturated rings. The molecule has 5 rings (SSSR count). The van der Waals surface area contributed by atoms with Gasteiger partial charge in [0.15, 0.2) is 11.5 Å². The largest absolute Gasteiger partial charge is 0.393 e. The second-order valence-corrected chi connectivity index (χ2v) is 7.34. The fraction of sp³-hybridized carbons (Fsp3) is 0.350. The van der Waals surface area contributed by atoms with E-state index in [2.05, 4.69) is 25.3 Å². The van der Waals surface area contributed by atoms with Crippen molar-refractivity contribution >= 4 is 17.4 Å². The Labute approximate surface area is 156 Å². The van der Waals surface area contributed by atoms with Crippen LogP contribution in [0, 0.1) is 0 Å². The SMILES string of the molecule is CN1Cc2cc(-c3cnc4c(N5CCC(O)CC5)nccn34)ccc2C1=O. The lowest BCUT2D eigenvalue weighted by Crippen LogP contribution is -2.36. The van der Waals surface area contributed by atoms with E-state index in [4.69, 9.17) is 0 Å². The number of anilines is 1. The van der Waals surface area contributed by atoms with Gasteiger partial charge in [0.05, 0.1) is 18.0 Å². The number of hydrogen-bond donors (Lipinski definition) is 1. The van der Waals surface area contributed by atoms with Crippen LogP contribution >= 0.6 is 0 Å². The minimum atomic E-state index is -0.219. The van der Waals surface area contributed by atoms with Gasteiger partial charge in [0, 0.05) is 50.2 Å². The topological polar surface area (TPSA) is 74.0 Å². The molecule has 0 saturated carbocycles. The first-order chi connectivity index (χ1) is 13.1. The van der Waals surface area contributed by atoms with Crippen molar-refractivity contribution in [3.8, 4) is 11.3 Å². The fourth-order valence-electron chi connectivity index (χ4n) is 4.05. The van der Waals surface area contributed by atoms with Crippen LogP contribution in [0.4, 0.5) is 5.82 Å². The maximum atomic E-state index is 12.1. The van der Waals surface area contributed by atoms with Gasteiger partial charge in [0.1, 0.15) is 0 Å². The molecule has 0 radical (unpaired) electrons. The highest BCUT2D eigenvalue weighted by molar-refractivity contribution is 5.98. The maximum absolute atomic E-state index is 12.1. The van der Waals surface area contributed by atoms with Gasteiger partial charge in [-0.15, -0.1) is 0 Å². The minimum absolute atomic E-state index is 0.0773. The quantitative estimate of drug-likeness (QED) is 0.753. The van der Waals surface area contributed by atoms with Crippen LogP contribution in [0.25, 0.3) is 16.9 Å². The summed E-state index contributed by atoms with van der Waals surface area (Å²) in [7, 11) is 1.82. The summed E-state index contributed by atoms with van der Waals surface area (Å²) in [6.45, 7) is 2.20. The highest BCUT2D eigenvalue weighted by Crippen LogP contribution is 2.30. The van der Waals surface area contributed by atoms with Crippen molar-refractivity contribution in [3.05, 3.63) is 47.9 Å². The number of aliphatic hydroxyl groups excluding tert-OH is 1. The van der Waals surface area contributed by atoms with Crippen LogP contribution in [-0.4, -0.2) is 56.5 Å². The number of hydrogen-bond acceptors (Lipinski definition) is 5. The van der Waals surface area contributed by atoms with Crippen LogP contribution in [-0.2, 0) is 6.54 Å². The van der Waals surface area contributed by atoms with E-state index in [1.807, 2.05) is 31.6 Å². The number of aromatic nitrogens is 3. The molecule has 0 bridgehead atoms. The van der Waals surface area contributed by atoms with Crippen molar-refractivity contribution in [2.45, 2.75) is 25.5 Å². The Morgan fingerprint density at radius 1 is 1.19 bits per heavy atom. The number of carbonyl (C=O) groups is 1. The number of nitrogens with zero attached hydrogens (tertiary/aromatic N) is 5. The molecule has 1 amide bonds. The molecule has 0 atom stereocenters. The van der Waals surface area contributed by atoms with E-state index in [1.165, 1.54) is 0 Å². The molecule has 1 aromatic carbocycles. The summed E-state index contributed by atoms with van der Waals surface area (Å²) in [5, 5.41) is 9.76. The lowest BCUT2D eigenvalue weighted by molar-refractivity contribution is 0.0816. The Bertz CT molecular complexity index is 1040. The zero-order valence-corrected chi connectivity index (χ0v) is 15.2. The molecule has 0 unspecified atom stereocenters. The Morgan fingerprint density at radius 3 is 2.81 bits per heavy atom. The molecular weight excluding hydrogens is 342 g/mol. The Kier molecular flexibility index (Phi) is 3.65. The molecular formula is C20H21N5O2. The van der Waals surface area contributed by atoms with Gasteiger partial charge >= 0.3 is 0 Å². The highest BCUT2D eigenvalue weighted by Gasteiger charge is 2.25. The Balaban J connectivity index is 1.55. The predicted octanol–water partition coefficient (Wildman–Crippen LogP) is 1.94. The molecule has 0 spiro atoms. The van der Waals surface area contributed by atoms with E-state index < -0.39 is 0 Å². The third-order valence-corrected chi connectivity index (χ3v) is 5.56. The van der Waals surface area contributed by atoms with Crippen LogP contribution in [0.15, 0.2) is 36.8 Å². The number of piperidine rings is 1. The first kappa shape index (κ1) is 16.3. The minimum Gasteiger partial charge on any atom is -0.393 e. The number of aliphatic hydroxyl groups is 1. The van der Waals surface area contributed by atoms with Crippen molar-refractivity contribution in [3.63, 3.8) is 0 Å².